The molecule has 0 fully saturated rings. The molecule has 0 aromatic heterocycles. The second-order valence-electron chi connectivity index (χ2n) is 7.74. The normalized spacial score (nSPS) is 13.4. The molecule has 0 saturated carbocycles. The van der Waals surface area contributed by atoms with Crippen LogP contribution < -0.4 is 16.0 Å². The van der Waals surface area contributed by atoms with Gasteiger partial charge in [-0.1, -0.05) is 31.2 Å². The van der Waals surface area contributed by atoms with Gasteiger partial charge in [-0.3, -0.25) is 14.5 Å². The van der Waals surface area contributed by atoms with Crippen LogP contribution in [0.3, 0.4) is 0 Å². The van der Waals surface area contributed by atoms with Crippen molar-refractivity contribution in [2.45, 2.75) is 32.6 Å². The number of imide groups is 1. The first-order valence-electron chi connectivity index (χ1n) is 11.2. The lowest BCUT2D eigenvalue weighted by molar-refractivity contribution is 0.0609. The Hall–Kier alpha value is -2.28. The Labute approximate surface area is 179 Å². The van der Waals surface area contributed by atoms with E-state index in [2.05, 4.69) is 22.9 Å². The predicted octanol–water partition coefficient (Wildman–Crippen LogP) is 2.78. The van der Waals surface area contributed by atoms with Crippen LogP contribution in [0.25, 0.3) is 10.8 Å². The van der Waals surface area contributed by atoms with Gasteiger partial charge in [0.2, 0.25) is 0 Å². The number of benzene rings is 2. The molecule has 0 bridgehead atoms. The molecule has 1 aliphatic heterocycles. The summed E-state index contributed by atoms with van der Waals surface area (Å²) in [6.07, 6.45) is 4.20. The number of hydrogen-bond donors (Lipinski definition) is 3. The molecular formula is C24H34N4O2. The molecular weight excluding hydrogens is 376 g/mol. The van der Waals surface area contributed by atoms with E-state index in [1.54, 1.807) is 0 Å². The highest BCUT2D eigenvalue weighted by Gasteiger charge is 2.31. The monoisotopic (exact) mass is 410 g/mol. The summed E-state index contributed by atoms with van der Waals surface area (Å²) in [6, 6.07) is 11.3. The summed E-state index contributed by atoms with van der Waals surface area (Å²) in [7, 11) is 0. The summed E-state index contributed by atoms with van der Waals surface area (Å²) in [4.78, 5) is 27.1. The molecule has 0 atom stereocenters. The molecule has 0 aliphatic carbocycles. The van der Waals surface area contributed by atoms with E-state index in [-0.39, 0.29) is 11.8 Å². The van der Waals surface area contributed by atoms with Gasteiger partial charge < -0.3 is 16.0 Å². The van der Waals surface area contributed by atoms with Crippen LogP contribution in [0.1, 0.15) is 53.3 Å². The Morgan fingerprint density at radius 3 is 1.83 bits per heavy atom. The Balaban J connectivity index is 1.33. The molecule has 3 rings (SSSR count). The Kier molecular flexibility index (Phi) is 8.81. The van der Waals surface area contributed by atoms with E-state index in [1.165, 1.54) is 11.3 Å². The second-order valence-corrected chi connectivity index (χ2v) is 7.74. The maximum Gasteiger partial charge on any atom is 0.261 e. The fraction of sp³-hybridized carbons (Fsp3) is 0.500. The van der Waals surface area contributed by atoms with Gasteiger partial charge in [-0.15, -0.1) is 0 Å². The Bertz CT molecular complexity index is 801. The molecule has 6 heteroatoms. The van der Waals surface area contributed by atoms with Gasteiger partial charge in [0.05, 0.1) is 0 Å². The van der Waals surface area contributed by atoms with Gasteiger partial charge in [0.15, 0.2) is 0 Å². The smallest absolute Gasteiger partial charge is 0.261 e. The van der Waals surface area contributed by atoms with Crippen LogP contribution in [0.5, 0.6) is 0 Å². The maximum atomic E-state index is 12.8. The van der Waals surface area contributed by atoms with E-state index in [9.17, 15) is 9.59 Å². The molecule has 0 radical (unpaired) electrons. The lowest BCUT2D eigenvalue weighted by Crippen LogP contribution is -2.41. The molecule has 2 amide bonds. The van der Waals surface area contributed by atoms with Crippen LogP contribution >= 0.6 is 0 Å². The SMILES string of the molecule is CCNCCCNCCCCNCCCN1C(=O)c2cccc3cccc(c23)C1=O. The van der Waals surface area contributed by atoms with Crippen molar-refractivity contribution in [2.24, 2.45) is 0 Å². The van der Waals surface area contributed by atoms with E-state index in [4.69, 9.17) is 0 Å². The lowest BCUT2D eigenvalue weighted by Gasteiger charge is -2.27. The van der Waals surface area contributed by atoms with E-state index in [1.807, 2.05) is 36.4 Å². The van der Waals surface area contributed by atoms with Gasteiger partial charge >= 0.3 is 0 Å². The molecule has 3 N–H and O–H groups in total. The number of rotatable bonds is 14. The first-order valence-corrected chi connectivity index (χ1v) is 11.2. The number of hydrogen-bond acceptors (Lipinski definition) is 5. The molecule has 0 saturated heterocycles. The number of amides is 2. The number of nitrogens with zero attached hydrogens (tertiary/aromatic N) is 1. The van der Waals surface area contributed by atoms with Crippen LogP contribution in [0.15, 0.2) is 36.4 Å². The standard InChI is InChI=1S/C24H34N4O2/c1-2-25-15-7-16-26-13-3-4-14-27-17-8-18-28-23(29)20-11-5-9-19-10-6-12-21(22(19)20)24(28)30/h5-6,9-12,25-27H,2-4,7-8,13-18H2,1H3. The average Bonchev–Trinajstić information content (AvgIpc) is 2.77. The number of unbranched alkanes of at least 4 members (excludes halogenated alkanes) is 1. The average molecular weight is 411 g/mol. The molecule has 6 nitrogen and oxygen atoms in total. The molecule has 0 unspecified atom stereocenters. The fourth-order valence-electron chi connectivity index (χ4n) is 3.91. The van der Waals surface area contributed by atoms with E-state index in [0.717, 1.165) is 69.3 Å². The van der Waals surface area contributed by atoms with Crippen LogP contribution in [0.2, 0.25) is 0 Å². The minimum Gasteiger partial charge on any atom is -0.317 e. The van der Waals surface area contributed by atoms with Crippen LogP contribution in [-0.4, -0.2) is 62.5 Å². The maximum absolute atomic E-state index is 12.8. The van der Waals surface area contributed by atoms with Gasteiger partial charge in [0.25, 0.3) is 11.8 Å². The van der Waals surface area contributed by atoms with Gasteiger partial charge in [-0.05, 0) is 82.5 Å². The Morgan fingerprint density at radius 1 is 0.700 bits per heavy atom. The van der Waals surface area contributed by atoms with Crippen molar-refractivity contribution in [3.05, 3.63) is 47.5 Å². The first kappa shape index (κ1) is 22.4. The molecule has 30 heavy (non-hydrogen) atoms. The highest BCUT2D eigenvalue weighted by Crippen LogP contribution is 2.29. The van der Waals surface area contributed by atoms with Crippen molar-refractivity contribution < 1.29 is 9.59 Å². The number of carbonyl (C=O) groups is 2. The van der Waals surface area contributed by atoms with E-state index < -0.39 is 0 Å². The topological polar surface area (TPSA) is 73.5 Å². The summed E-state index contributed by atoms with van der Waals surface area (Å²) >= 11 is 0. The van der Waals surface area contributed by atoms with Crippen LogP contribution in [0.4, 0.5) is 0 Å². The van der Waals surface area contributed by atoms with Crippen LogP contribution in [-0.2, 0) is 0 Å². The highest BCUT2D eigenvalue weighted by atomic mass is 16.2. The molecule has 1 heterocycles. The zero-order chi connectivity index (χ0) is 21.2. The fourth-order valence-corrected chi connectivity index (χ4v) is 3.91. The lowest BCUT2D eigenvalue weighted by atomic mass is 9.94. The van der Waals surface area contributed by atoms with Gasteiger partial charge in [0, 0.05) is 23.1 Å². The zero-order valence-corrected chi connectivity index (χ0v) is 18.0. The summed E-state index contributed by atoms with van der Waals surface area (Å²) in [5.41, 5.74) is 1.27. The number of nitrogens with one attached hydrogen (secondary N) is 3. The van der Waals surface area contributed by atoms with Crippen molar-refractivity contribution >= 4 is 22.6 Å². The molecule has 2 aromatic carbocycles. The van der Waals surface area contributed by atoms with Crippen molar-refractivity contribution in [1.29, 1.82) is 0 Å². The molecule has 1 aliphatic rings. The molecule has 2 aromatic rings. The largest absolute Gasteiger partial charge is 0.317 e. The third kappa shape index (κ3) is 5.65. The van der Waals surface area contributed by atoms with Crippen molar-refractivity contribution in [2.75, 3.05) is 45.8 Å². The van der Waals surface area contributed by atoms with Crippen molar-refractivity contribution in [1.82, 2.24) is 20.9 Å². The minimum absolute atomic E-state index is 0.176. The van der Waals surface area contributed by atoms with Gasteiger partial charge in [-0.25, -0.2) is 0 Å². The predicted molar refractivity (Wildman–Crippen MR) is 122 cm³/mol. The minimum atomic E-state index is -0.176. The van der Waals surface area contributed by atoms with Crippen molar-refractivity contribution in [3.63, 3.8) is 0 Å². The summed E-state index contributed by atoms with van der Waals surface area (Å²) in [6.45, 7) is 8.57. The third-order valence-electron chi connectivity index (χ3n) is 5.51. The van der Waals surface area contributed by atoms with Crippen LogP contribution in [0, 0.1) is 0 Å². The second kappa shape index (κ2) is 11.8. The third-order valence-corrected chi connectivity index (χ3v) is 5.51. The quantitative estimate of drug-likeness (QED) is 0.330. The zero-order valence-electron chi connectivity index (χ0n) is 18.0. The Morgan fingerprint density at radius 2 is 1.23 bits per heavy atom. The first-order chi connectivity index (χ1) is 14.7. The van der Waals surface area contributed by atoms with Gasteiger partial charge in [-0.2, -0.15) is 0 Å². The highest BCUT2D eigenvalue weighted by molar-refractivity contribution is 6.25. The molecule has 0 spiro atoms. The summed E-state index contributed by atoms with van der Waals surface area (Å²) in [5, 5.41) is 11.9. The van der Waals surface area contributed by atoms with E-state index >= 15 is 0 Å². The summed E-state index contributed by atoms with van der Waals surface area (Å²) in [5.74, 6) is -0.353. The molecule has 162 valence electrons. The number of carbonyl (C=O) groups excluding carboxylic acids is 2. The summed E-state index contributed by atoms with van der Waals surface area (Å²) < 4.78 is 0. The van der Waals surface area contributed by atoms with Gasteiger partial charge in [0.1, 0.15) is 0 Å². The van der Waals surface area contributed by atoms with Crippen molar-refractivity contribution in [3.8, 4) is 0 Å². The van der Waals surface area contributed by atoms with E-state index in [0.29, 0.717) is 17.7 Å².